The summed E-state index contributed by atoms with van der Waals surface area (Å²) >= 11 is 1.12. The lowest BCUT2D eigenvalue weighted by molar-refractivity contribution is 0.569. The maximum atomic E-state index is 13.1. The Hall–Kier alpha value is -2.00. The fourth-order valence-corrected chi connectivity index (χ4v) is 7.25. The molecule has 148 valence electrons. The highest BCUT2D eigenvalue weighted by Crippen LogP contribution is 2.31. The largest absolute Gasteiger partial charge is 0.240 e. The summed E-state index contributed by atoms with van der Waals surface area (Å²) in [5.41, 5.74) is 1.96. The summed E-state index contributed by atoms with van der Waals surface area (Å²) < 4.78 is 54.7. The summed E-state index contributed by atoms with van der Waals surface area (Å²) in [5.74, 6) is 0. The minimum Gasteiger partial charge on any atom is -0.222 e. The van der Waals surface area contributed by atoms with Crippen LogP contribution in [0.15, 0.2) is 75.1 Å². The first-order valence-corrected chi connectivity index (χ1v) is 12.5. The highest BCUT2D eigenvalue weighted by molar-refractivity contribution is 7.93. The van der Waals surface area contributed by atoms with Crippen molar-refractivity contribution < 1.29 is 16.8 Å². The van der Waals surface area contributed by atoms with Crippen molar-refractivity contribution in [3.05, 3.63) is 82.7 Å². The van der Waals surface area contributed by atoms with Gasteiger partial charge in [0.05, 0.1) is 4.90 Å². The molecule has 3 rings (SSSR count). The summed E-state index contributed by atoms with van der Waals surface area (Å²) in [4.78, 5) is 0.160. The average molecular weight is 436 g/mol. The molecule has 0 aliphatic rings. The van der Waals surface area contributed by atoms with E-state index in [4.69, 9.17) is 0 Å². The van der Waals surface area contributed by atoms with Gasteiger partial charge in [-0.15, -0.1) is 11.3 Å². The van der Waals surface area contributed by atoms with Crippen LogP contribution in [0, 0.1) is 13.8 Å². The Morgan fingerprint density at radius 3 is 2.29 bits per heavy atom. The van der Waals surface area contributed by atoms with Gasteiger partial charge in [-0.1, -0.05) is 48.5 Å². The second kappa shape index (κ2) is 8.16. The molecule has 1 aromatic heterocycles. The van der Waals surface area contributed by atoms with Gasteiger partial charge in [-0.05, 0) is 48.1 Å². The van der Waals surface area contributed by atoms with Gasteiger partial charge < -0.3 is 0 Å². The van der Waals surface area contributed by atoms with Gasteiger partial charge in [-0.25, -0.2) is 21.6 Å². The monoisotopic (exact) mass is 435 g/mol. The molecule has 0 aliphatic carbocycles. The van der Waals surface area contributed by atoms with Crippen molar-refractivity contribution >= 4 is 31.2 Å². The molecule has 0 unspecified atom stereocenters. The first-order valence-electron chi connectivity index (χ1n) is 8.61. The molecule has 0 radical (unpaired) electrons. The smallest absolute Gasteiger partial charge is 0.222 e. The van der Waals surface area contributed by atoms with Crippen LogP contribution in [0.4, 0.5) is 0 Å². The molecule has 0 saturated carbocycles. The molecule has 5 nitrogen and oxygen atoms in total. The van der Waals surface area contributed by atoms with Gasteiger partial charge in [0.15, 0.2) is 9.84 Å². The summed E-state index contributed by atoms with van der Waals surface area (Å²) in [5, 5.41) is 0.669. The summed E-state index contributed by atoms with van der Waals surface area (Å²) in [6, 6.07) is 17.0. The predicted octanol–water partition coefficient (Wildman–Crippen LogP) is 3.86. The number of hydrogen-bond donors (Lipinski definition) is 1. The Morgan fingerprint density at radius 2 is 1.64 bits per heavy atom. The Labute approximate surface area is 170 Å². The van der Waals surface area contributed by atoms with Crippen LogP contribution in [0.2, 0.25) is 0 Å². The summed E-state index contributed by atoms with van der Waals surface area (Å²) in [7, 11) is -7.60. The lowest BCUT2D eigenvalue weighted by Crippen LogP contribution is -2.32. The van der Waals surface area contributed by atoms with E-state index in [0.717, 1.165) is 16.9 Å². The molecular formula is C20H21NO4S3. The summed E-state index contributed by atoms with van der Waals surface area (Å²) in [6.07, 6.45) is 0. The standard InChI is InChI=1S/C20H21NO4S3/c1-15-10-11-16(2)18(13-15)28(24,25)21-14-19(17-7-4-3-5-8-17)27(22,23)20-9-6-12-26-20/h3-13,19,21H,14H2,1-2H3/t19-/m1/s1. The van der Waals surface area contributed by atoms with Gasteiger partial charge in [0.2, 0.25) is 10.0 Å². The molecule has 1 atom stereocenters. The van der Waals surface area contributed by atoms with Crippen LogP contribution < -0.4 is 4.72 Å². The maximum absolute atomic E-state index is 13.1. The predicted molar refractivity (Wildman–Crippen MR) is 112 cm³/mol. The highest BCUT2D eigenvalue weighted by atomic mass is 32.2. The zero-order valence-corrected chi connectivity index (χ0v) is 17.9. The van der Waals surface area contributed by atoms with Crippen molar-refractivity contribution in [3.8, 4) is 0 Å². The zero-order chi connectivity index (χ0) is 20.4. The van der Waals surface area contributed by atoms with Gasteiger partial charge in [0, 0.05) is 6.54 Å². The van der Waals surface area contributed by atoms with Crippen LogP contribution in [0.3, 0.4) is 0 Å². The fraction of sp³-hybridized carbons (Fsp3) is 0.200. The van der Waals surface area contributed by atoms with E-state index in [0.29, 0.717) is 11.1 Å². The molecule has 3 aromatic rings. The van der Waals surface area contributed by atoms with Crippen LogP contribution in [0.25, 0.3) is 0 Å². The SMILES string of the molecule is Cc1ccc(C)c(S(=O)(=O)NC[C@H](c2ccccc2)S(=O)(=O)c2cccs2)c1. The number of benzene rings is 2. The van der Waals surface area contributed by atoms with E-state index in [1.165, 1.54) is 6.07 Å². The van der Waals surface area contributed by atoms with E-state index in [2.05, 4.69) is 4.72 Å². The minimum atomic E-state index is -3.86. The third kappa shape index (κ3) is 4.35. The van der Waals surface area contributed by atoms with E-state index in [-0.39, 0.29) is 15.6 Å². The van der Waals surface area contributed by atoms with E-state index in [9.17, 15) is 16.8 Å². The maximum Gasteiger partial charge on any atom is 0.240 e. The zero-order valence-electron chi connectivity index (χ0n) is 15.5. The lowest BCUT2D eigenvalue weighted by atomic mass is 10.1. The second-order valence-corrected chi connectivity index (χ2v) is 11.5. The van der Waals surface area contributed by atoms with Crippen molar-refractivity contribution in [3.63, 3.8) is 0 Å². The third-order valence-corrected chi connectivity index (χ3v) is 9.51. The van der Waals surface area contributed by atoms with E-state index in [1.807, 2.05) is 13.0 Å². The van der Waals surface area contributed by atoms with Gasteiger partial charge >= 0.3 is 0 Å². The Kier molecular flexibility index (Phi) is 6.04. The molecule has 2 aromatic carbocycles. The van der Waals surface area contributed by atoms with E-state index >= 15 is 0 Å². The molecular weight excluding hydrogens is 414 g/mol. The average Bonchev–Trinajstić information content (AvgIpc) is 3.20. The van der Waals surface area contributed by atoms with Crippen LogP contribution in [-0.4, -0.2) is 23.4 Å². The quantitative estimate of drug-likeness (QED) is 0.611. The molecule has 1 heterocycles. The van der Waals surface area contributed by atoms with E-state index < -0.39 is 25.1 Å². The van der Waals surface area contributed by atoms with Gasteiger partial charge in [-0.3, -0.25) is 0 Å². The second-order valence-electron chi connectivity index (χ2n) is 6.50. The lowest BCUT2D eigenvalue weighted by Gasteiger charge is -2.19. The molecule has 0 fully saturated rings. The van der Waals surface area contributed by atoms with Gasteiger partial charge in [-0.2, -0.15) is 0 Å². The van der Waals surface area contributed by atoms with Crippen LogP contribution in [0.1, 0.15) is 21.9 Å². The molecule has 0 spiro atoms. The molecule has 0 aliphatic heterocycles. The Bertz CT molecular complexity index is 1150. The Balaban J connectivity index is 1.96. The number of rotatable bonds is 7. The minimum absolute atomic E-state index is 0.160. The molecule has 8 heteroatoms. The molecule has 1 N–H and O–H groups in total. The molecule has 28 heavy (non-hydrogen) atoms. The number of hydrogen-bond acceptors (Lipinski definition) is 5. The van der Waals surface area contributed by atoms with Crippen molar-refractivity contribution in [1.82, 2.24) is 4.72 Å². The number of aryl methyl sites for hydroxylation is 2. The number of sulfonamides is 1. The summed E-state index contributed by atoms with van der Waals surface area (Å²) in [6.45, 7) is 3.28. The van der Waals surface area contributed by atoms with Crippen LogP contribution >= 0.6 is 11.3 Å². The van der Waals surface area contributed by atoms with Crippen molar-refractivity contribution in [1.29, 1.82) is 0 Å². The topological polar surface area (TPSA) is 80.3 Å². The fourth-order valence-electron chi connectivity index (χ4n) is 2.90. The number of nitrogens with one attached hydrogen (secondary N) is 1. The van der Waals surface area contributed by atoms with Crippen LogP contribution in [-0.2, 0) is 19.9 Å². The highest BCUT2D eigenvalue weighted by Gasteiger charge is 2.31. The molecule has 0 bridgehead atoms. The van der Waals surface area contributed by atoms with E-state index in [1.54, 1.807) is 60.8 Å². The van der Waals surface area contributed by atoms with Crippen molar-refractivity contribution in [2.24, 2.45) is 0 Å². The number of sulfone groups is 1. The van der Waals surface area contributed by atoms with Crippen molar-refractivity contribution in [2.45, 2.75) is 28.2 Å². The van der Waals surface area contributed by atoms with Crippen molar-refractivity contribution in [2.75, 3.05) is 6.54 Å². The third-order valence-electron chi connectivity index (χ3n) is 4.41. The number of thiophene rings is 1. The molecule has 0 amide bonds. The first-order chi connectivity index (χ1) is 13.2. The first kappa shape index (κ1) is 20.7. The normalized spacial score (nSPS) is 13.4. The van der Waals surface area contributed by atoms with Crippen LogP contribution in [0.5, 0.6) is 0 Å². The van der Waals surface area contributed by atoms with Gasteiger partial charge in [0.25, 0.3) is 0 Å². The Morgan fingerprint density at radius 1 is 0.929 bits per heavy atom. The molecule has 0 saturated heterocycles. The van der Waals surface area contributed by atoms with Gasteiger partial charge in [0.1, 0.15) is 9.46 Å².